The fraction of sp³-hybridized carbons (Fsp3) is 0.615. The van der Waals surface area contributed by atoms with Crippen LogP contribution < -0.4 is 10.6 Å². The summed E-state index contributed by atoms with van der Waals surface area (Å²) in [7, 11) is 0. The fourth-order valence-electron chi connectivity index (χ4n) is 2.73. The summed E-state index contributed by atoms with van der Waals surface area (Å²) >= 11 is 0. The van der Waals surface area contributed by atoms with Gasteiger partial charge in [0, 0.05) is 12.2 Å². The number of hydrogen-bond donors (Lipinski definition) is 2. The van der Waals surface area contributed by atoms with Crippen LogP contribution in [0.4, 0.5) is 20.1 Å². The van der Waals surface area contributed by atoms with E-state index in [0.717, 1.165) is 10.5 Å². The Morgan fingerprint density at radius 2 is 1.36 bits per heavy atom. The van der Waals surface area contributed by atoms with Crippen LogP contribution in [-0.2, 0) is 20.8 Å². The first-order valence-corrected chi connectivity index (χ1v) is 11.9. The monoisotopic (exact) mass is 506 g/mol. The van der Waals surface area contributed by atoms with Gasteiger partial charge in [-0.2, -0.15) is 0 Å². The molecule has 10 nitrogen and oxygen atoms in total. The van der Waals surface area contributed by atoms with Crippen molar-refractivity contribution in [1.29, 1.82) is 0 Å². The van der Waals surface area contributed by atoms with Gasteiger partial charge >= 0.3 is 18.3 Å². The van der Waals surface area contributed by atoms with Crippen molar-refractivity contribution in [2.75, 3.05) is 11.9 Å². The van der Waals surface area contributed by atoms with Crippen LogP contribution in [0.15, 0.2) is 23.2 Å². The molecule has 0 heterocycles. The molecule has 0 unspecified atom stereocenters. The number of carbonyl (C=O) groups excluding carboxylic acids is 3. The van der Waals surface area contributed by atoms with Gasteiger partial charge in [0.1, 0.15) is 16.8 Å². The van der Waals surface area contributed by atoms with E-state index in [0.29, 0.717) is 17.8 Å². The third-order valence-corrected chi connectivity index (χ3v) is 4.10. The largest absolute Gasteiger partial charge is 0.444 e. The van der Waals surface area contributed by atoms with Gasteiger partial charge in [0.25, 0.3) is 0 Å². The SMILES string of the molecule is CCN=C(NC(=O)OC(C)(C)C)Nc1ccc(C)c(CN(C(=O)OC(C)(C)C)C(=O)OC(C)(C)C)c1. The molecule has 36 heavy (non-hydrogen) atoms. The third-order valence-electron chi connectivity index (χ3n) is 4.10. The summed E-state index contributed by atoms with van der Waals surface area (Å²) in [6.45, 7) is 19.7. The number of benzene rings is 1. The Balaban J connectivity index is 3.21. The number of nitrogens with zero attached hydrogens (tertiary/aromatic N) is 2. The molecule has 3 amide bonds. The number of imide groups is 1. The Bertz CT molecular complexity index is 940. The molecule has 0 saturated heterocycles. The second kappa shape index (κ2) is 12.1. The summed E-state index contributed by atoms with van der Waals surface area (Å²) in [5.74, 6) is 0.206. The minimum atomic E-state index is -0.811. The molecular formula is C26H42N4O6. The van der Waals surface area contributed by atoms with Gasteiger partial charge in [-0.05, 0) is 99.4 Å². The van der Waals surface area contributed by atoms with Crippen LogP contribution in [-0.4, -0.2) is 52.5 Å². The van der Waals surface area contributed by atoms with Crippen LogP contribution in [0.25, 0.3) is 0 Å². The van der Waals surface area contributed by atoms with E-state index in [9.17, 15) is 14.4 Å². The Morgan fingerprint density at radius 3 is 1.81 bits per heavy atom. The lowest BCUT2D eigenvalue weighted by Crippen LogP contribution is -2.43. The van der Waals surface area contributed by atoms with E-state index in [4.69, 9.17) is 14.2 Å². The van der Waals surface area contributed by atoms with Crippen molar-refractivity contribution in [1.82, 2.24) is 10.2 Å². The van der Waals surface area contributed by atoms with Gasteiger partial charge in [-0.3, -0.25) is 10.3 Å². The van der Waals surface area contributed by atoms with Gasteiger partial charge in [-0.1, -0.05) is 6.07 Å². The van der Waals surface area contributed by atoms with Crippen molar-refractivity contribution in [3.63, 3.8) is 0 Å². The highest BCUT2D eigenvalue weighted by Gasteiger charge is 2.31. The van der Waals surface area contributed by atoms with E-state index < -0.39 is 35.1 Å². The van der Waals surface area contributed by atoms with Crippen molar-refractivity contribution in [2.45, 2.75) is 99.5 Å². The molecule has 2 N–H and O–H groups in total. The minimum Gasteiger partial charge on any atom is -0.444 e. The molecule has 1 aromatic rings. The number of ether oxygens (including phenoxy) is 3. The predicted molar refractivity (Wildman–Crippen MR) is 140 cm³/mol. The van der Waals surface area contributed by atoms with E-state index in [2.05, 4.69) is 15.6 Å². The highest BCUT2D eigenvalue weighted by molar-refractivity contribution is 6.02. The summed E-state index contributed by atoms with van der Waals surface area (Å²) in [5.41, 5.74) is -0.155. The lowest BCUT2D eigenvalue weighted by molar-refractivity contribution is -0.000315. The maximum Gasteiger partial charge on any atom is 0.420 e. The Morgan fingerprint density at radius 1 is 0.861 bits per heavy atom. The molecule has 202 valence electrons. The molecule has 0 fully saturated rings. The number of nitrogens with one attached hydrogen (secondary N) is 2. The Labute approximate surface area is 214 Å². The maximum absolute atomic E-state index is 12.9. The second-order valence-corrected chi connectivity index (χ2v) is 11.3. The molecular weight excluding hydrogens is 464 g/mol. The number of amides is 3. The van der Waals surface area contributed by atoms with E-state index >= 15 is 0 Å². The molecule has 1 rings (SSSR count). The lowest BCUT2D eigenvalue weighted by atomic mass is 10.1. The summed E-state index contributed by atoms with van der Waals surface area (Å²) in [4.78, 5) is 43.2. The fourth-order valence-corrected chi connectivity index (χ4v) is 2.73. The van der Waals surface area contributed by atoms with Crippen LogP contribution in [0, 0.1) is 6.92 Å². The molecule has 10 heteroatoms. The number of rotatable bonds is 4. The molecule has 0 bridgehead atoms. The normalized spacial score (nSPS) is 12.5. The Kier molecular flexibility index (Phi) is 10.3. The first-order valence-electron chi connectivity index (χ1n) is 11.9. The van der Waals surface area contributed by atoms with Gasteiger partial charge in [0.15, 0.2) is 0 Å². The highest BCUT2D eigenvalue weighted by Crippen LogP contribution is 2.21. The van der Waals surface area contributed by atoms with Gasteiger partial charge in [-0.25, -0.2) is 19.3 Å². The number of alkyl carbamates (subject to hydrolysis) is 1. The van der Waals surface area contributed by atoms with Crippen molar-refractivity contribution in [2.24, 2.45) is 4.99 Å². The number of aliphatic imine (C=N–C) groups is 1. The summed E-state index contributed by atoms with van der Waals surface area (Å²) in [6, 6.07) is 5.39. The molecule has 0 spiro atoms. The molecule has 0 radical (unpaired) electrons. The third kappa shape index (κ3) is 11.9. The average molecular weight is 507 g/mol. The van der Waals surface area contributed by atoms with Crippen molar-refractivity contribution in [3.8, 4) is 0 Å². The quantitative estimate of drug-likeness (QED) is 0.293. The van der Waals surface area contributed by atoms with E-state index in [1.165, 1.54) is 0 Å². The zero-order chi connectivity index (χ0) is 27.9. The average Bonchev–Trinajstić information content (AvgIpc) is 2.63. The summed E-state index contributed by atoms with van der Waals surface area (Å²) in [6.07, 6.45) is -2.26. The first-order chi connectivity index (χ1) is 16.3. The van der Waals surface area contributed by atoms with Crippen molar-refractivity contribution < 1.29 is 28.6 Å². The van der Waals surface area contributed by atoms with E-state index in [1.54, 1.807) is 74.4 Å². The number of guanidine groups is 1. The molecule has 0 atom stereocenters. The topological polar surface area (TPSA) is 119 Å². The Hall–Kier alpha value is -3.30. The lowest BCUT2D eigenvalue weighted by Gasteiger charge is -2.29. The van der Waals surface area contributed by atoms with Crippen LogP contribution >= 0.6 is 0 Å². The van der Waals surface area contributed by atoms with Crippen LogP contribution in [0.2, 0.25) is 0 Å². The molecule has 1 aromatic carbocycles. The number of carbonyl (C=O) groups is 3. The van der Waals surface area contributed by atoms with Crippen molar-refractivity contribution >= 4 is 29.9 Å². The van der Waals surface area contributed by atoms with Gasteiger partial charge < -0.3 is 19.5 Å². The zero-order valence-corrected chi connectivity index (χ0v) is 23.5. The summed E-state index contributed by atoms with van der Waals surface area (Å²) in [5, 5.41) is 5.66. The van der Waals surface area contributed by atoms with Crippen molar-refractivity contribution in [3.05, 3.63) is 29.3 Å². The number of anilines is 1. The number of aryl methyl sites for hydroxylation is 1. The standard InChI is InChI=1S/C26H42N4O6/c1-12-27-20(29-21(31)34-24(3,4)5)28-19-14-13-17(2)18(15-19)16-30(22(32)35-25(6,7)8)23(33)36-26(9,10)11/h13-15H,12,16H2,1-11H3,(H2,27,28,29,31). The van der Waals surface area contributed by atoms with Gasteiger partial charge in [0.05, 0.1) is 6.54 Å². The van der Waals surface area contributed by atoms with E-state index in [1.807, 2.05) is 19.9 Å². The zero-order valence-electron chi connectivity index (χ0n) is 23.5. The molecule has 0 saturated carbocycles. The predicted octanol–water partition coefficient (Wildman–Crippen LogP) is 5.98. The molecule has 0 aromatic heterocycles. The van der Waals surface area contributed by atoms with E-state index in [-0.39, 0.29) is 12.5 Å². The minimum absolute atomic E-state index is 0.0784. The second-order valence-electron chi connectivity index (χ2n) is 11.3. The highest BCUT2D eigenvalue weighted by atomic mass is 16.6. The van der Waals surface area contributed by atoms with Gasteiger partial charge in [-0.15, -0.1) is 0 Å². The van der Waals surface area contributed by atoms with Gasteiger partial charge in [0.2, 0.25) is 5.96 Å². The van der Waals surface area contributed by atoms with Crippen LogP contribution in [0.1, 0.15) is 80.4 Å². The summed E-state index contributed by atoms with van der Waals surface area (Å²) < 4.78 is 16.2. The van der Waals surface area contributed by atoms with Crippen LogP contribution in [0.3, 0.4) is 0 Å². The molecule has 0 aliphatic heterocycles. The number of hydrogen-bond acceptors (Lipinski definition) is 7. The molecule has 0 aliphatic carbocycles. The first kappa shape index (κ1) is 30.7. The maximum atomic E-state index is 12.9. The van der Waals surface area contributed by atoms with Crippen LogP contribution in [0.5, 0.6) is 0 Å². The smallest absolute Gasteiger partial charge is 0.420 e. The molecule has 0 aliphatic rings.